The Hall–Kier alpha value is -0.210. The second-order valence-electron chi connectivity index (χ2n) is 6.51. The van der Waals surface area contributed by atoms with Gasteiger partial charge in [-0.05, 0) is 25.7 Å². The van der Waals surface area contributed by atoms with Gasteiger partial charge < -0.3 is 9.47 Å². The monoisotopic (exact) mass is 330 g/mol. The minimum Gasteiger partial charge on any atom is -0.502 e. The molecule has 2 atom stereocenters. The molecule has 1 aliphatic heterocycles. The number of halogens is 1. The SMILES string of the molecule is C=C(CCCCCCCC1OC1CCCCCCCCl)OC. The van der Waals surface area contributed by atoms with Gasteiger partial charge in [0.25, 0.3) is 0 Å². The summed E-state index contributed by atoms with van der Waals surface area (Å²) in [6, 6.07) is 0. The summed E-state index contributed by atoms with van der Waals surface area (Å²) in [6.45, 7) is 3.85. The van der Waals surface area contributed by atoms with E-state index >= 15 is 0 Å². The van der Waals surface area contributed by atoms with Crippen molar-refractivity contribution in [2.24, 2.45) is 0 Å². The molecule has 0 amide bonds. The molecule has 0 aromatic carbocycles. The van der Waals surface area contributed by atoms with E-state index in [1.165, 1.54) is 77.0 Å². The first-order valence-electron chi connectivity index (χ1n) is 9.21. The molecule has 2 unspecified atom stereocenters. The van der Waals surface area contributed by atoms with E-state index in [0.29, 0.717) is 12.2 Å². The molecule has 0 aromatic heterocycles. The number of methoxy groups -OCH3 is 1. The molecule has 0 bridgehead atoms. The highest BCUT2D eigenvalue weighted by Gasteiger charge is 2.36. The summed E-state index contributed by atoms with van der Waals surface area (Å²) in [5.41, 5.74) is 0. The summed E-state index contributed by atoms with van der Waals surface area (Å²) in [7, 11) is 1.70. The number of allylic oxidation sites excluding steroid dienone is 1. The summed E-state index contributed by atoms with van der Waals surface area (Å²) >= 11 is 5.67. The van der Waals surface area contributed by atoms with Crippen LogP contribution >= 0.6 is 11.6 Å². The predicted molar refractivity (Wildman–Crippen MR) is 95.6 cm³/mol. The molecule has 1 fully saturated rings. The van der Waals surface area contributed by atoms with E-state index < -0.39 is 0 Å². The highest BCUT2D eigenvalue weighted by atomic mass is 35.5. The Morgan fingerprint density at radius 2 is 1.36 bits per heavy atom. The van der Waals surface area contributed by atoms with E-state index in [9.17, 15) is 0 Å². The van der Waals surface area contributed by atoms with Gasteiger partial charge in [0, 0.05) is 12.3 Å². The van der Waals surface area contributed by atoms with Gasteiger partial charge in [-0.3, -0.25) is 0 Å². The van der Waals surface area contributed by atoms with E-state index in [2.05, 4.69) is 6.58 Å². The van der Waals surface area contributed by atoms with Crippen LogP contribution in [0.5, 0.6) is 0 Å². The minimum absolute atomic E-state index is 0.580. The molecule has 3 heteroatoms. The molecule has 1 heterocycles. The van der Waals surface area contributed by atoms with Crippen molar-refractivity contribution in [2.75, 3.05) is 13.0 Å². The summed E-state index contributed by atoms with van der Waals surface area (Å²) in [5.74, 6) is 1.73. The number of ether oxygens (including phenoxy) is 2. The van der Waals surface area contributed by atoms with E-state index in [-0.39, 0.29) is 0 Å². The number of unbranched alkanes of at least 4 members (excludes halogenated alkanes) is 8. The number of alkyl halides is 1. The van der Waals surface area contributed by atoms with Crippen molar-refractivity contribution in [1.29, 1.82) is 0 Å². The summed E-state index contributed by atoms with van der Waals surface area (Å²) in [5, 5.41) is 0. The fraction of sp³-hybridized carbons (Fsp3) is 0.895. The number of rotatable bonds is 16. The Labute approximate surface area is 142 Å². The van der Waals surface area contributed by atoms with Gasteiger partial charge in [-0.25, -0.2) is 0 Å². The van der Waals surface area contributed by atoms with Crippen LogP contribution in [0, 0.1) is 0 Å². The molecule has 0 radical (unpaired) electrons. The molecule has 0 spiro atoms. The molecule has 0 saturated carbocycles. The van der Waals surface area contributed by atoms with Crippen LogP contribution in [-0.2, 0) is 9.47 Å². The number of epoxide rings is 1. The maximum absolute atomic E-state index is 5.77. The van der Waals surface area contributed by atoms with Gasteiger partial charge >= 0.3 is 0 Å². The van der Waals surface area contributed by atoms with Gasteiger partial charge in [-0.1, -0.05) is 57.9 Å². The summed E-state index contributed by atoms with van der Waals surface area (Å²) < 4.78 is 10.8. The average Bonchev–Trinajstić information content (AvgIpc) is 3.28. The summed E-state index contributed by atoms with van der Waals surface area (Å²) in [4.78, 5) is 0. The van der Waals surface area contributed by atoms with Crippen LogP contribution in [0.4, 0.5) is 0 Å². The molecule has 0 aliphatic carbocycles. The lowest BCUT2D eigenvalue weighted by molar-refractivity contribution is 0.276. The maximum atomic E-state index is 5.77. The fourth-order valence-electron chi connectivity index (χ4n) is 2.96. The Morgan fingerprint density at radius 1 is 0.864 bits per heavy atom. The zero-order chi connectivity index (χ0) is 16.0. The number of hydrogen-bond acceptors (Lipinski definition) is 2. The molecular weight excluding hydrogens is 296 g/mol. The third-order valence-electron chi connectivity index (χ3n) is 4.54. The predicted octanol–water partition coefficient (Wildman–Crippen LogP) is 6.22. The van der Waals surface area contributed by atoms with Crippen molar-refractivity contribution < 1.29 is 9.47 Å². The molecule has 0 aromatic rings. The largest absolute Gasteiger partial charge is 0.502 e. The van der Waals surface area contributed by atoms with Crippen LogP contribution in [0.3, 0.4) is 0 Å². The maximum Gasteiger partial charge on any atom is 0.0883 e. The lowest BCUT2D eigenvalue weighted by atomic mass is 10.0. The first kappa shape index (κ1) is 19.8. The lowest BCUT2D eigenvalue weighted by Gasteiger charge is -2.03. The van der Waals surface area contributed by atoms with Crippen LogP contribution in [0.15, 0.2) is 12.3 Å². The van der Waals surface area contributed by atoms with Crippen LogP contribution in [0.1, 0.15) is 83.5 Å². The number of hydrogen-bond donors (Lipinski definition) is 0. The van der Waals surface area contributed by atoms with Gasteiger partial charge in [-0.2, -0.15) is 0 Å². The van der Waals surface area contributed by atoms with Gasteiger partial charge in [0.1, 0.15) is 0 Å². The van der Waals surface area contributed by atoms with E-state index in [1.54, 1.807) is 7.11 Å². The highest BCUT2D eigenvalue weighted by molar-refractivity contribution is 6.17. The van der Waals surface area contributed by atoms with Crippen molar-refractivity contribution in [3.8, 4) is 0 Å². The first-order chi connectivity index (χ1) is 10.8. The first-order valence-corrected chi connectivity index (χ1v) is 9.74. The molecule has 1 aliphatic rings. The Morgan fingerprint density at radius 3 is 1.91 bits per heavy atom. The third-order valence-corrected chi connectivity index (χ3v) is 4.81. The lowest BCUT2D eigenvalue weighted by Crippen LogP contribution is -1.95. The van der Waals surface area contributed by atoms with E-state index in [0.717, 1.165) is 18.1 Å². The average molecular weight is 331 g/mol. The van der Waals surface area contributed by atoms with E-state index in [1.807, 2.05) is 0 Å². The topological polar surface area (TPSA) is 21.8 Å². The molecule has 1 saturated heterocycles. The smallest absolute Gasteiger partial charge is 0.0883 e. The van der Waals surface area contributed by atoms with Crippen LogP contribution in [0.2, 0.25) is 0 Å². The molecule has 2 nitrogen and oxygen atoms in total. The normalized spacial score (nSPS) is 20.1. The zero-order valence-corrected chi connectivity index (χ0v) is 15.2. The van der Waals surface area contributed by atoms with Crippen molar-refractivity contribution in [2.45, 2.75) is 95.7 Å². The van der Waals surface area contributed by atoms with E-state index in [4.69, 9.17) is 21.1 Å². The molecular formula is C19H35ClO2. The van der Waals surface area contributed by atoms with Crippen molar-refractivity contribution in [1.82, 2.24) is 0 Å². The van der Waals surface area contributed by atoms with Gasteiger partial charge in [0.05, 0.1) is 25.1 Å². The third kappa shape index (κ3) is 10.5. The van der Waals surface area contributed by atoms with Gasteiger partial charge in [0.15, 0.2) is 0 Å². The quantitative estimate of drug-likeness (QED) is 0.145. The van der Waals surface area contributed by atoms with Crippen LogP contribution in [0.25, 0.3) is 0 Å². The van der Waals surface area contributed by atoms with Crippen LogP contribution < -0.4 is 0 Å². The molecule has 0 N–H and O–H groups in total. The molecule has 130 valence electrons. The van der Waals surface area contributed by atoms with Crippen molar-refractivity contribution in [3.63, 3.8) is 0 Å². The Balaban J connectivity index is 1.77. The highest BCUT2D eigenvalue weighted by Crippen LogP contribution is 2.31. The minimum atomic E-state index is 0.580. The second kappa shape index (κ2) is 13.2. The molecule has 1 rings (SSSR count). The summed E-state index contributed by atoms with van der Waals surface area (Å²) in [6.07, 6.45) is 17.7. The van der Waals surface area contributed by atoms with Crippen LogP contribution in [-0.4, -0.2) is 25.2 Å². The van der Waals surface area contributed by atoms with Gasteiger partial charge in [0.2, 0.25) is 0 Å². The zero-order valence-electron chi connectivity index (χ0n) is 14.5. The Bertz CT molecular complexity index is 281. The van der Waals surface area contributed by atoms with Crippen molar-refractivity contribution in [3.05, 3.63) is 12.3 Å². The van der Waals surface area contributed by atoms with Crippen molar-refractivity contribution >= 4 is 11.6 Å². The van der Waals surface area contributed by atoms with Gasteiger partial charge in [-0.15, -0.1) is 11.6 Å². The Kier molecular flexibility index (Phi) is 11.9. The molecule has 22 heavy (non-hydrogen) atoms. The fourth-order valence-corrected chi connectivity index (χ4v) is 3.15. The standard InChI is InChI=1S/C19H35ClO2/c1-17(21-2)13-9-5-3-6-10-14-18-19(22-18)15-11-7-4-8-12-16-20/h18-19H,1,3-16H2,2H3. The second-order valence-corrected chi connectivity index (χ2v) is 6.89.